The molecule has 1 saturated heterocycles. The molecule has 0 spiro atoms. The second-order valence-electron chi connectivity index (χ2n) is 7.36. The van der Waals surface area contributed by atoms with Crippen LogP contribution in [0.4, 0.5) is 5.69 Å². The Bertz CT molecular complexity index is 760. The SMILES string of the molecule is O=C1CCC(N2Cc3cc(N([Se])C4CCCCC4)ccc3C2=O)C(=O)N1. The maximum atomic E-state index is 12.7. The Labute approximate surface area is 161 Å². The van der Waals surface area contributed by atoms with Crippen LogP contribution in [0.3, 0.4) is 0 Å². The monoisotopic (exact) mass is 420 g/mol. The first-order chi connectivity index (χ1) is 12.5. The van der Waals surface area contributed by atoms with Gasteiger partial charge in [-0.1, -0.05) is 0 Å². The van der Waals surface area contributed by atoms with Crippen LogP contribution in [0, 0.1) is 0 Å². The third-order valence-electron chi connectivity index (χ3n) is 5.67. The van der Waals surface area contributed by atoms with Crippen LogP contribution in [0.15, 0.2) is 18.2 Å². The quantitative estimate of drug-likeness (QED) is 0.598. The average Bonchev–Trinajstić information content (AvgIpc) is 2.98. The van der Waals surface area contributed by atoms with Crippen molar-refractivity contribution in [1.29, 1.82) is 0 Å². The number of piperidine rings is 1. The summed E-state index contributed by atoms with van der Waals surface area (Å²) in [6.07, 6.45) is 6.88. The Morgan fingerprint density at radius 3 is 2.58 bits per heavy atom. The van der Waals surface area contributed by atoms with Crippen LogP contribution in [-0.4, -0.2) is 50.9 Å². The summed E-state index contributed by atoms with van der Waals surface area (Å²) in [5.74, 6) is -0.747. The van der Waals surface area contributed by atoms with Gasteiger partial charge < -0.3 is 0 Å². The number of nitrogens with one attached hydrogen (secondary N) is 1. The molecular formula is C19H22N3O3Se. The zero-order valence-electron chi connectivity index (χ0n) is 14.6. The Balaban J connectivity index is 1.53. The Kier molecular flexibility index (Phi) is 4.76. The molecule has 6 nitrogen and oxygen atoms in total. The zero-order chi connectivity index (χ0) is 18.3. The summed E-state index contributed by atoms with van der Waals surface area (Å²) in [5, 5.41) is 2.34. The number of carbonyl (C=O) groups excluding carboxylic acids is 3. The Morgan fingerprint density at radius 1 is 1.08 bits per heavy atom. The fourth-order valence-electron chi connectivity index (χ4n) is 4.22. The molecule has 1 N–H and O–H groups in total. The summed E-state index contributed by atoms with van der Waals surface area (Å²) < 4.78 is 2.21. The molecule has 1 aromatic rings. The van der Waals surface area contributed by atoms with Crippen molar-refractivity contribution in [3.8, 4) is 0 Å². The number of amides is 3. The van der Waals surface area contributed by atoms with Gasteiger partial charge in [0.2, 0.25) is 0 Å². The van der Waals surface area contributed by atoms with Gasteiger partial charge in [0.05, 0.1) is 0 Å². The van der Waals surface area contributed by atoms with Crippen molar-refractivity contribution in [2.45, 2.75) is 63.6 Å². The molecule has 3 aliphatic rings. The second-order valence-corrected chi connectivity index (χ2v) is 8.18. The van der Waals surface area contributed by atoms with Crippen molar-refractivity contribution in [3.63, 3.8) is 0 Å². The fraction of sp³-hybridized carbons (Fsp3) is 0.526. The van der Waals surface area contributed by atoms with Crippen molar-refractivity contribution in [1.82, 2.24) is 10.2 Å². The van der Waals surface area contributed by atoms with E-state index in [4.69, 9.17) is 0 Å². The molecule has 2 fully saturated rings. The summed E-state index contributed by atoms with van der Waals surface area (Å²) in [4.78, 5) is 37.8. The van der Waals surface area contributed by atoms with E-state index in [-0.39, 0.29) is 24.1 Å². The van der Waals surface area contributed by atoms with Crippen molar-refractivity contribution < 1.29 is 14.4 Å². The third kappa shape index (κ3) is 3.14. The molecule has 3 amide bonds. The predicted molar refractivity (Wildman–Crippen MR) is 97.6 cm³/mol. The van der Waals surface area contributed by atoms with Gasteiger partial charge in [-0.3, -0.25) is 0 Å². The van der Waals surface area contributed by atoms with Crippen molar-refractivity contribution in [2.75, 3.05) is 3.92 Å². The summed E-state index contributed by atoms with van der Waals surface area (Å²) in [6.45, 7) is 0.423. The van der Waals surface area contributed by atoms with Gasteiger partial charge in [0, 0.05) is 0 Å². The van der Waals surface area contributed by atoms with Gasteiger partial charge in [-0.05, 0) is 0 Å². The fourth-order valence-corrected chi connectivity index (χ4v) is 4.90. The predicted octanol–water partition coefficient (Wildman–Crippen LogP) is 1.67. The van der Waals surface area contributed by atoms with Gasteiger partial charge in [0.15, 0.2) is 0 Å². The third-order valence-corrected chi connectivity index (χ3v) is 6.74. The first-order valence-electron chi connectivity index (χ1n) is 9.28. The number of imide groups is 1. The number of anilines is 1. The van der Waals surface area contributed by atoms with E-state index in [0.717, 1.165) is 11.3 Å². The van der Waals surface area contributed by atoms with Crippen LogP contribution < -0.4 is 9.23 Å². The zero-order valence-corrected chi connectivity index (χ0v) is 16.3. The normalized spacial score (nSPS) is 23.8. The number of hydrogen-bond donors (Lipinski definition) is 1. The molecular weight excluding hydrogens is 397 g/mol. The van der Waals surface area contributed by atoms with E-state index < -0.39 is 6.04 Å². The van der Waals surface area contributed by atoms with Crippen molar-refractivity contribution >= 4 is 39.6 Å². The molecule has 137 valence electrons. The van der Waals surface area contributed by atoms with E-state index in [1.54, 1.807) is 4.90 Å². The summed E-state index contributed by atoms with van der Waals surface area (Å²) in [6, 6.07) is 5.86. The Hall–Kier alpha value is -1.85. The maximum absolute atomic E-state index is 12.7. The second kappa shape index (κ2) is 7.05. The molecule has 4 rings (SSSR count). The summed E-state index contributed by atoms with van der Waals surface area (Å²) in [5.41, 5.74) is 2.69. The molecule has 1 aliphatic carbocycles. The molecule has 26 heavy (non-hydrogen) atoms. The average molecular weight is 419 g/mol. The number of hydrogen-bond acceptors (Lipinski definition) is 4. The van der Waals surface area contributed by atoms with E-state index in [9.17, 15) is 14.4 Å². The first-order valence-corrected chi connectivity index (χ1v) is 10.0. The van der Waals surface area contributed by atoms with Gasteiger partial charge in [0.25, 0.3) is 0 Å². The van der Waals surface area contributed by atoms with Crippen molar-refractivity contribution in [3.05, 3.63) is 29.3 Å². The minimum absolute atomic E-state index is 0.120. The van der Waals surface area contributed by atoms with Crippen LogP contribution in [-0.2, 0) is 16.1 Å². The molecule has 0 aromatic heterocycles. The molecule has 1 unspecified atom stereocenters. The molecule has 7 heteroatoms. The van der Waals surface area contributed by atoms with Gasteiger partial charge >= 0.3 is 161 Å². The van der Waals surface area contributed by atoms with E-state index in [1.807, 2.05) is 12.1 Å². The van der Waals surface area contributed by atoms with Crippen LogP contribution in [0.25, 0.3) is 0 Å². The van der Waals surface area contributed by atoms with Crippen LogP contribution in [0.5, 0.6) is 0 Å². The molecule has 2 aliphatic heterocycles. The minimum atomic E-state index is -0.557. The van der Waals surface area contributed by atoms with Crippen LogP contribution in [0.1, 0.15) is 60.9 Å². The summed E-state index contributed by atoms with van der Waals surface area (Å²) >= 11 is 3.19. The molecule has 1 radical (unpaired) electrons. The molecule has 1 atom stereocenters. The van der Waals surface area contributed by atoms with Crippen LogP contribution in [0.2, 0.25) is 0 Å². The first kappa shape index (κ1) is 17.6. The molecule has 2 heterocycles. The van der Waals surface area contributed by atoms with Gasteiger partial charge in [-0.15, -0.1) is 0 Å². The number of benzene rings is 1. The Morgan fingerprint density at radius 2 is 1.85 bits per heavy atom. The molecule has 1 saturated carbocycles. The van der Waals surface area contributed by atoms with Gasteiger partial charge in [-0.2, -0.15) is 0 Å². The van der Waals surface area contributed by atoms with Crippen molar-refractivity contribution in [2.24, 2.45) is 0 Å². The topological polar surface area (TPSA) is 69.7 Å². The van der Waals surface area contributed by atoms with E-state index in [0.29, 0.717) is 24.6 Å². The number of carbonyl (C=O) groups is 3. The molecule has 0 bridgehead atoms. The van der Waals surface area contributed by atoms with E-state index in [2.05, 4.69) is 31.5 Å². The number of fused-ring (bicyclic) bond motifs is 1. The van der Waals surface area contributed by atoms with Gasteiger partial charge in [0.1, 0.15) is 0 Å². The van der Waals surface area contributed by atoms with E-state index >= 15 is 0 Å². The number of nitrogens with zero attached hydrogens (tertiary/aromatic N) is 2. The van der Waals surface area contributed by atoms with Gasteiger partial charge in [-0.25, -0.2) is 0 Å². The molecule has 1 aromatic carbocycles. The number of rotatable bonds is 3. The standard InChI is InChI=1S/C19H22N3O3Se/c23-17-9-8-16(18(24)20-17)21-11-12-10-14(6-7-15(12)19(21)25)22(26)13-4-2-1-3-5-13/h6-7,10,13,16H,1-5,8-9,11H2,(H,20,23,24). The summed E-state index contributed by atoms with van der Waals surface area (Å²) in [7, 11) is 0. The van der Waals surface area contributed by atoms with E-state index in [1.165, 1.54) is 32.1 Å². The van der Waals surface area contributed by atoms with Crippen LogP contribution >= 0.6 is 0 Å².